The molecule has 0 atom stereocenters. The van der Waals surface area contributed by atoms with Crippen molar-refractivity contribution in [2.45, 2.75) is 44.4 Å². The van der Waals surface area contributed by atoms with Crippen molar-refractivity contribution in [2.24, 2.45) is 10.7 Å². The van der Waals surface area contributed by atoms with Crippen molar-refractivity contribution >= 4 is 40.7 Å². The number of hydrogen-bond donors (Lipinski definition) is 2. The van der Waals surface area contributed by atoms with Gasteiger partial charge in [-0.05, 0) is 74.0 Å². The normalized spacial score (nSPS) is 17.5. The van der Waals surface area contributed by atoms with Gasteiger partial charge in [0.15, 0.2) is 5.84 Å². The number of nitrogens with two attached hydrogens (primary N) is 1. The smallest absolute Gasteiger partial charge is 0.290 e. The first kappa shape index (κ1) is 24.6. The fourth-order valence-electron chi connectivity index (χ4n) is 4.35. The number of hydrogen-bond acceptors (Lipinski definition) is 5. The quantitative estimate of drug-likeness (QED) is 0.374. The maximum absolute atomic E-state index is 12.5. The summed E-state index contributed by atoms with van der Waals surface area (Å²) in [6, 6.07) is 8.02. The highest BCUT2D eigenvalue weighted by Crippen LogP contribution is 2.36. The molecule has 7 nitrogen and oxygen atoms in total. The molecule has 8 heteroatoms. The predicted octanol–water partition coefficient (Wildman–Crippen LogP) is 4.05. The van der Waals surface area contributed by atoms with Gasteiger partial charge in [0, 0.05) is 36.6 Å². The van der Waals surface area contributed by atoms with Crippen molar-refractivity contribution in [1.82, 2.24) is 4.90 Å². The monoisotopic (exact) mass is 465 g/mol. The number of likely N-dealkylation sites (tertiary alicyclic amines) is 1. The Kier molecular flexibility index (Phi) is 9.14. The van der Waals surface area contributed by atoms with Crippen LogP contribution in [0.3, 0.4) is 0 Å². The summed E-state index contributed by atoms with van der Waals surface area (Å²) in [6.45, 7) is 1.56. The molecule has 174 valence electrons. The maximum atomic E-state index is 12.5. The van der Waals surface area contributed by atoms with E-state index in [0.717, 1.165) is 56.8 Å². The summed E-state index contributed by atoms with van der Waals surface area (Å²) < 4.78 is 0. The number of nitrogens with zero attached hydrogens (tertiary/aromatic N) is 3. The maximum Gasteiger partial charge on any atom is 0.290 e. The fraction of sp³-hybridized carbons (Fsp3) is 0.440. The van der Waals surface area contributed by atoms with Crippen LogP contribution in [-0.2, 0) is 9.59 Å². The molecule has 0 saturated carbocycles. The van der Waals surface area contributed by atoms with Gasteiger partial charge in [-0.25, -0.2) is 4.99 Å². The molecule has 1 aliphatic heterocycles. The van der Waals surface area contributed by atoms with Gasteiger partial charge in [0.1, 0.15) is 0 Å². The topological polar surface area (TPSA) is 112 Å². The molecule has 33 heavy (non-hydrogen) atoms. The van der Waals surface area contributed by atoms with E-state index in [1.807, 2.05) is 23.3 Å². The third-order valence-electron chi connectivity index (χ3n) is 6.11. The summed E-state index contributed by atoms with van der Waals surface area (Å²) in [5.41, 5.74) is 10.00. The van der Waals surface area contributed by atoms with Crippen LogP contribution in [0.2, 0.25) is 0 Å². The highest BCUT2D eigenvalue weighted by molar-refractivity contribution is 7.99. The largest absolute Gasteiger partial charge is 0.379 e. The molecule has 3 rings (SSSR count). The molecular weight excluding hydrogens is 434 g/mol. The van der Waals surface area contributed by atoms with Gasteiger partial charge >= 0.3 is 0 Å². The van der Waals surface area contributed by atoms with Gasteiger partial charge < -0.3 is 16.0 Å². The minimum atomic E-state index is -0.497. The first-order valence-electron chi connectivity index (χ1n) is 11.3. The van der Waals surface area contributed by atoms with Crippen LogP contribution in [-0.4, -0.2) is 47.6 Å². The minimum absolute atomic E-state index is 0.198. The fourth-order valence-corrected chi connectivity index (χ4v) is 4.78. The van der Waals surface area contributed by atoms with Gasteiger partial charge in [-0.2, -0.15) is 17.0 Å². The van der Waals surface area contributed by atoms with Crippen LogP contribution in [0.25, 0.3) is 5.57 Å². The van der Waals surface area contributed by atoms with Crippen LogP contribution < -0.4 is 11.1 Å². The van der Waals surface area contributed by atoms with Gasteiger partial charge in [0.05, 0.1) is 11.8 Å². The van der Waals surface area contributed by atoms with Crippen LogP contribution in [0.5, 0.6) is 0 Å². The molecule has 1 fully saturated rings. The lowest BCUT2D eigenvalue weighted by Gasteiger charge is -2.32. The summed E-state index contributed by atoms with van der Waals surface area (Å²) in [5.74, 6) is 0.450. The molecular formula is C25H31N5O2S. The second-order valence-corrected chi connectivity index (χ2v) is 9.15. The first-order chi connectivity index (χ1) is 16.0. The number of carbonyl (C=O) groups is 2. The van der Waals surface area contributed by atoms with Gasteiger partial charge in [0.2, 0.25) is 5.91 Å². The Hall–Kier alpha value is -3.05. The number of aliphatic imine (C=N–C) groups is 1. The molecule has 2 aliphatic rings. The second kappa shape index (κ2) is 12.3. The average Bonchev–Trinajstić information content (AvgIpc) is 2.85. The Morgan fingerprint density at radius 3 is 2.79 bits per heavy atom. The van der Waals surface area contributed by atoms with E-state index in [1.165, 1.54) is 23.8 Å². The Labute approximate surface area is 199 Å². The number of anilines is 1. The Balaban J connectivity index is 1.80. The number of rotatable bonds is 6. The Morgan fingerprint density at radius 1 is 1.33 bits per heavy atom. The van der Waals surface area contributed by atoms with E-state index in [1.54, 1.807) is 11.8 Å². The zero-order chi connectivity index (χ0) is 23.6. The number of nitrogens with one attached hydrogen (secondary N) is 1. The van der Waals surface area contributed by atoms with Crippen molar-refractivity contribution in [3.05, 3.63) is 47.7 Å². The van der Waals surface area contributed by atoms with E-state index in [9.17, 15) is 9.59 Å². The zero-order valence-corrected chi connectivity index (χ0v) is 19.9. The number of amides is 2. The minimum Gasteiger partial charge on any atom is -0.379 e. The van der Waals surface area contributed by atoms with Crippen molar-refractivity contribution in [3.8, 4) is 6.07 Å². The van der Waals surface area contributed by atoms with E-state index in [-0.39, 0.29) is 11.7 Å². The highest BCUT2D eigenvalue weighted by atomic mass is 32.2. The van der Waals surface area contributed by atoms with E-state index < -0.39 is 5.91 Å². The van der Waals surface area contributed by atoms with E-state index in [0.29, 0.717) is 17.4 Å². The second-order valence-electron chi connectivity index (χ2n) is 8.28. The number of amidine groups is 1. The number of allylic oxidation sites excluding steroid dienone is 3. The van der Waals surface area contributed by atoms with Crippen LogP contribution in [0.15, 0.2) is 41.5 Å². The summed E-state index contributed by atoms with van der Waals surface area (Å²) in [7, 11) is 0. The molecule has 1 aliphatic carbocycles. The number of thioether (sulfide) groups is 1. The van der Waals surface area contributed by atoms with Gasteiger partial charge in [-0.3, -0.25) is 9.59 Å². The molecule has 1 aromatic rings. The molecule has 0 spiro atoms. The summed E-state index contributed by atoms with van der Waals surface area (Å²) in [5, 5.41) is 11.5. The molecule has 1 aromatic carbocycles. The highest BCUT2D eigenvalue weighted by Gasteiger charge is 2.25. The molecule has 0 unspecified atom stereocenters. The molecule has 3 N–H and O–H groups in total. The number of benzene rings is 1. The van der Waals surface area contributed by atoms with Gasteiger partial charge in [0.25, 0.3) is 5.91 Å². The van der Waals surface area contributed by atoms with Crippen LogP contribution in [0, 0.1) is 11.3 Å². The van der Waals surface area contributed by atoms with Crippen LogP contribution >= 0.6 is 11.8 Å². The van der Waals surface area contributed by atoms with E-state index in [2.05, 4.69) is 28.5 Å². The van der Waals surface area contributed by atoms with Crippen LogP contribution in [0.4, 0.5) is 5.69 Å². The molecule has 1 saturated heterocycles. The van der Waals surface area contributed by atoms with Crippen molar-refractivity contribution < 1.29 is 9.59 Å². The van der Waals surface area contributed by atoms with E-state index >= 15 is 0 Å². The Morgan fingerprint density at radius 2 is 2.12 bits per heavy atom. The molecule has 0 bridgehead atoms. The number of nitriles is 1. The predicted molar refractivity (Wildman–Crippen MR) is 135 cm³/mol. The van der Waals surface area contributed by atoms with Crippen molar-refractivity contribution in [3.63, 3.8) is 0 Å². The third-order valence-corrected chi connectivity index (χ3v) is 6.65. The third kappa shape index (κ3) is 6.72. The molecule has 2 amide bonds. The Bertz CT molecular complexity index is 1000. The van der Waals surface area contributed by atoms with Crippen molar-refractivity contribution in [1.29, 1.82) is 5.26 Å². The van der Waals surface area contributed by atoms with Gasteiger partial charge in [-0.15, -0.1) is 0 Å². The standard InChI is InChI=1S/C25H31N5O2S/c1-33-17-23(31)30-14-10-18(11-15-30)20-8-9-22(21(16-20)19-6-3-2-4-7-19)29-25(32)24(27)28-13-5-12-26/h5-6,8-9,13,16,18H,2-4,7,10-11,14-15,17H2,1H3,(H2,27,28)(H,29,32)/b13-5+. The van der Waals surface area contributed by atoms with Crippen LogP contribution in [0.1, 0.15) is 55.6 Å². The number of carbonyl (C=O) groups excluding carboxylic acids is 2. The lowest BCUT2D eigenvalue weighted by Crippen LogP contribution is -2.38. The van der Waals surface area contributed by atoms with Gasteiger partial charge in [-0.1, -0.05) is 12.1 Å². The first-order valence-corrected chi connectivity index (χ1v) is 12.7. The zero-order valence-electron chi connectivity index (χ0n) is 19.0. The van der Waals surface area contributed by atoms with E-state index in [4.69, 9.17) is 11.0 Å². The molecule has 0 aromatic heterocycles. The summed E-state index contributed by atoms with van der Waals surface area (Å²) >= 11 is 1.56. The van der Waals surface area contributed by atoms with Crippen molar-refractivity contribution in [2.75, 3.05) is 30.4 Å². The number of piperidine rings is 1. The lowest BCUT2D eigenvalue weighted by molar-refractivity contribution is -0.129. The molecule has 1 heterocycles. The average molecular weight is 466 g/mol. The molecule has 0 radical (unpaired) electrons. The summed E-state index contributed by atoms with van der Waals surface area (Å²) in [4.78, 5) is 30.5. The summed E-state index contributed by atoms with van der Waals surface area (Å²) in [6.07, 6.45) is 12.8. The SMILES string of the molecule is CSCC(=O)N1CCC(c2ccc(NC(=O)C(N)=N/C=C/C#N)c(C3=CCCCC3)c2)CC1. The lowest BCUT2D eigenvalue weighted by atomic mass is 9.85.